The molecule has 0 unspecified atom stereocenters. The van der Waals surface area contributed by atoms with E-state index in [1.54, 1.807) is 42.7 Å². The fraction of sp³-hybridized carbons (Fsp3) is 0. The van der Waals surface area contributed by atoms with Crippen molar-refractivity contribution in [1.29, 1.82) is 10.5 Å². The highest BCUT2D eigenvalue weighted by atomic mass is 16.1. The summed E-state index contributed by atoms with van der Waals surface area (Å²) in [6.45, 7) is 0. The molecule has 4 rings (SSSR count). The van der Waals surface area contributed by atoms with Gasteiger partial charge in [0.2, 0.25) is 5.95 Å². The molecule has 2 heterocycles. The maximum atomic E-state index is 12.3. The summed E-state index contributed by atoms with van der Waals surface area (Å²) in [4.78, 5) is 23.2. The lowest BCUT2D eigenvalue weighted by atomic mass is 10.0. The van der Waals surface area contributed by atoms with Crippen LogP contribution in [0.15, 0.2) is 83.0 Å². The Morgan fingerprint density at radius 2 is 1.72 bits per heavy atom. The van der Waals surface area contributed by atoms with Crippen molar-refractivity contribution in [1.82, 2.24) is 15.0 Å². The molecule has 0 saturated heterocycles. The van der Waals surface area contributed by atoms with E-state index >= 15 is 0 Å². The van der Waals surface area contributed by atoms with E-state index in [9.17, 15) is 10.1 Å². The number of anilines is 1. The molecule has 0 aliphatic heterocycles. The van der Waals surface area contributed by atoms with Crippen LogP contribution >= 0.6 is 0 Å². The van der Waals surface area contributed by atoms with Crippen LogP contribution in [0, 0.1) is 22.7 Å². The third kappa shape index (κ3) is 4.40. The Balaban J connectivity index is 1.53. The van der Waals surface area contributed by atoms with E-state index < -0.39 is 5.56 Å². The molecule has 152 valence electrons. The van der Waals surface area contributed by atoms with Gasteiger partial charge in [-0.2, -0.15) is 15.6 Å². The summed E-state index contributed by atoms with van der Waals surface area (Å²) in [5, 5.41) is 22.5. The molecule has 2 aromatic heterocycles. The van der Waals surface area contributed by atoms with Crippen LogP contribution in [0.2, 0.25) is 0 Å². The summed E-state index contributed by atoms with van der Waals surface area (Å²) in [5.74, 6) is 0.125. The monoisotopic (exact) mass is 417 g/mol. The van der Waals surface area contributed by atoms with Gasteiger partial charge < -0.3 is 0 Å². The van der Waals surface area contributed by atoms with Gasteiger partial charge in [-0.15, -0.1) is 0 Å². The van der Waals surface area contributed by atoms with Crippen LogP contribution in [0.5, 0.6) is 0 Å². The number of nitrogens with one attached hydrogen (secondary N) is 2. The number of nitrogens with zero attached hydrogens (tertiary/aromatic N) is 5. The Kier molecular flexibility index (Phi) is 5.78. The second-order valence-corrected chi connectivity index (χ2v) is 6.68. The van der Waals surface area contributed by atoms with Crippen molar-refractivity contribution in [3.63, 3.8) is 0 Å². The van der Waals surface area contributed by atoms with Crippen LogP contribution in [-0.2, 0) is 0 Å². The summed E-state index contributed by atoms with van der Waals surface area (Å²) in [6.07, 6.45) is 4.79. The lowest BCUT2D eigenvalue weighted by Crippen LogP contribution is -2.16. The van der Waals surface area contributed by atoms with Crippen molar-refractivity contribution in [3.05, 3.63) is 100 Å². The third-order valence-electron chi connectivity index (χ3n) is 4.57. The van der Waals surface area contributed by atoms with Gasteiger partial charge in [-0.1, -0.05) is 54.6 Å². The Labute approximate surface area is 183 Å². The number of rotatable bonds is 5. The highest BCUT2D eigenvalue weighted by Crippen LogP contribution is 2.20. The predicted molar refractivity (Wildman–Crippen MR) is 121 cm³/mol. The van der Waals surface area contributed by atoms with Gasteiger partial charge in [-0.3, -0.25) is 14.8 Å². The Morgan fingerprint density at radius 3 is 2.44 bits per heavy atom. The predicted octanol–water partition coefficient (Wildman–Crippen LogP) is 3.69. The minimum absolute atomic E-state index is 0.0590. The topological polar surface area (TPSA) is 131 Å². The van der Waals surface area contributed by atoms with Gasteiger partial charge in [0, 0.05) is 23.5 Å². The molecule has 0 fully saturated rings. The fourth-order valence-electron chi connectivity index (χ4n) is 3.02. The number of hydrogen-bond donors (Lipinski definition) is 2. The molecule has 0 radical (unpaired) electrons. The zero-order valence-corrected chi connectivity index (χ0v) is 16.6. The van der Waals surface area contributed by atoms with E-state index in [1.807, 2.05) is 36.4 Å². The van der Waals surface area contributed by atoms with Crippen molar-refractivity contribution in [2.24, 2.45) is 5.10 Å². The fourth-order valence-corrected chi connectivity index (χ4v) is 3.02. The molecule has 0 aliphatic carbocycles. The van der Waals surface area contributed by atoms with Crippen LogP contribution in [0.4, 0.5) is 5.95 Å². The number of nitriles is 2. The summed E-state index contributed by atoms with van der Waals surface area (Å²) in [7, 11) is 0. The average Bonchev–Trinajstić information content (AvgIpc) is 2.85. The van der Waals surface area contributed by atoms with Crippen LogP contribution in [0.25, 0.3) is 22.4 Å². The number of hydrazone groups is 1. The van der Waals surface area contributed by atoms with Crippen molar-refractivity contribution in [3.8, 4) is 34.5 Å². The van der Waals surface area contributed by atoms with E-state index in [-0.39, 0.29) is 17.2 Å². The van der Waals surface area contributed by atoms with Gasteiger partial charge in [0.15, 0.2) is 0 Å². The zero-order chi connectivity index (χ0) is 22.3. The molecule has 2 N–H and O–H groups in total. The molecule has 0 saturated carbocycles. The molecule has 0 bridgehead atoms. The summed E-state index contributed by atoms with van der Waals surface area (Å²) >= 11 is 0. The molecule has 8 heteroatoms. The Morgan fingerprint density at radius 1 is 0.938 bits per heavy atom. The minimum Gasteiger partial charge on any atom is -0.290 e. The normalized spacial score (nSPS) is 10.4. The lowest BCUT2D eigenvalue weighted by molar-refractivity contribution is 1.08. The van der Waals surface area contributed by atoms with E-state index in [2.05, 4.69) is 31.5 Å². The van der Waals surface area contributed by atoms with Crippen molar-refractivity contribution >= 4 is 12.2 Å². The van der Waals surface area contributed by atoms with Gasteiger partial charge in [-0.25, -0.2) is 10.4 Å². The first kappa shape index (κ1) is 20.2. The maximum Gasteiger partial charge on any atom is 0.270 e. The number of aromatic nitrogens is 3. The molecule has 0 spiro atoms. The molecule has 4 aromatic rings. The van der Waals surface area contributed by atoms with Crippen LogP contribution < -0.4 is 11.0 Å². The number of H-pyrrole nitrogens is 1. The van der Waals surface area contributed by atoms with Gasteiger partial charge in [0.1, 0.15) is 17.7 Å². The number of hydrogen-bond acceptors (Lipinski definition) is 7. The first-order valence-electron chi connectivity index (χ1n) is 9.52. The summed E-state index contributed by atoms with van der Waals surface area (Å²) in [6, 6.07) is 22.3. The second-order valence-electron chi connectivity index (χ2n) is 6.68. The first-order valence-corrected chi connectivity index (χ1v) is 9.52. The summed E-state index contributed by atoms with van der Waals surface area (Å²) < 4.78 is 0. The van der Waals surface area contributed by atoms with Gasteiger partial charge in [0.25, 0.3) is 5.56 Å². The highest BCUT2D eigenvalue weighted by Gasteiger charge is 2.12. The number of pyridine rings is 1. The molecular formula is C24H15N7O. The molecule has 0 atom stereocenters. The molecule has 32 heavy (non-hydrogen) atoms. The van der Waals surface area contributed by atoms with Gasteiger partial charge >= 0.3 is 0 Å². The van der Waals surface area contributed by atoms with E-state index in [0.717, 1.165) is 16.7 Å². The van der Waals surface area contributed by atoms with Crippen LogP contribution in [-0.4, -0.2) is 21.2 Å². The Hall–Kier alpha value is -5.08. The summed E-state index contributed by atoms with van der Waals surface area (Å²) in [5.41, 5.74) is 6.12. The largest absolute Gasteiger partial charge is 0.290 e. The van der Waals surface area contributed by atoms with Crippen molar-refractivity contribution in [2.75, 3.05) is 5.43 Å². The zero-order valence-electron chi connectivity index (χ0n) is 16.6. The molecule has 0 aliphatic rings. The van der Waals surface area contributed by atoms with Gasteiger partial charge in [0.05, 0.1) is 17.5 Å². The van der Waals surface area contributed by atoms with E-state index in [0.29, 0.717) is 11.1 Å². The second kappa shape index (κ2) is 9.16. The van der Waals surface area contributed by atoms with Gasteiger partial charge in [-0.05, 0) is 17.2 Å². The van der Waals surface area contributed by atoms with Crippen LogP contribution in [0.1, 0.15) is 16.7 Å². The third-order valence-corrected chi connectivity index (χ3v) is 4.57. The molecule has 0 amide bonds. The lowest BCUT2D eigenvalue weighted by Gasteiger charge is -2.06. The molecular weight excluding hydrogens is 402 g/mol. The maximum absolute atomic E-state index is 12.3. The number of benzene rings is 2. The van der Waals surface area contributed by atoms with Crippen molar-refractivity contribution < 1.29 is 0 Å². The van der Waals surface area contributed by atoms with Crippen LogP contribution in [0.3, 0.4) is 0 Å². The van der Waals surface area contributed by atoms with E-state index in [4.69, 9.17) is 5.26 Å². The smallest absolute Gasteiger partial charge is 0.270 e. The Bertz CT molecular complexity index is 1430. The SMILES string of the molecule is N#Cc1cncc(-c2ccc(C=NNc3nc(-c4ccccc4)c(C#N)c(=O)[nH]3)cc2)c1. The highest BCUT2D eigenvalue weighted by molar-refractivity contribution is 5.81. The van der Waals surface area contributed by atoms with Crippen molar-refractivity contribution in [2.45, 2.75) is 0 Å². The number of aromatic amines is 1. The average molecular weight is 417 g/mol. The quantitative estimate of drug-likeness (QED) is 0.376. The van der Waals surface area contributed by atoms with E-state index in [1.165, 1.54) is 6.20 Å². The molecule has 2 aromatic carbocycles. The first-order chi connectivity index (χ1) is 15.7. The molecule has 8 nitrogen and oxygen atoms in total. The standard InChI is InChI=1S/C24H15N7O/c25-11-17-10-20(15-27-13-17)18-8-6-16(7-9-18)14-28-31-24-29-22(19-4-2-1-3-5-19)21(12-26)23(32)30-24/h1-10,13-15H,(H2,29,30,31,32). The minimum atomic E-state index is -0.545.